The van der Waals surface area contributed by atoms with Crippen molar-refractivity contribution in [2.45, 2.75) is 70.4 Å². The second kappa shape index (κ2) is 3.61. The fourth-order valence-corrected chi connectivity index (χ4v) is 3.20. The van der Waals surface area contributed by atoms with Gasteiger partial charge >= 0.3 is 0 Å². The van der Waals surface area contributed by atoms with Crippen LogP contribution in [0.2, 0.25) is 0 Å². The van der Waals surface area contributed by atoms with E-state index in [0.29, 0.717) is 5.54 Å². The molecule has 0 unspecified atom stereocenters. The molecule has 0 radical (unpaired) electrons. The summed E-state index contributed by atoms with van der Waals surface area (Å²) < 4.78 is 0. The predicted octanol–water partition coefficient (Wildman–Crippen LogP) is 3.19. The van der Waals surface area contributed by atoms with E-state index in [4.69, 9.17) is 0 Å². The zero-order valence-electron chi connectivity index (χ0n) is 9.18. The van der Waals surface area contributed by atoms with Gasteiger partial charge in [-0.15, -0.1) is 0 Å². The Hall–Kier alpha value is -0.0400. The van der Waals surface area contributed by atoms with E-state index < -0.39 is 0 Å². The summed E-state index contributed by atoms with van der Waals surface area (Å²) in [4.78, 5) is 2.78. The third-order valence-electron chi connectivity index (χ3n) is 3.98. The summed E-state index contributed by atoms with van der Waals surface area (Å²) in [5, 5.41) is 0. The van der Waals surface area contributed by atoms with E-state index >= 15 is 0 Å². The van der Waals surface area contributed by atoms with Gasteiger partial charge < -0.3 is 0 Å². The van der Waals surface area contributed by atoms with E-state index in [9.17, 15) is 0 Å². The van der Waals surface area contributed by atoms with E-state index in [1.807, 2.05) is 0 Å². The molecule has 0 atom stereocenters. The minimum absolute atomic E-state index is 0.502. The first-order valence-corrected chi connectivity index (χ1v) is 5.97. The van der Waals surface area contributed by atoms with E-state index in [1.54, 1.807) is 0 Å². The van der Waals surface area contributed by atoms with Crippen LogP contribution in [0.15, 0.2) is 0 Å². The average molecular weight is 181 g/mol. The van der Waals surface area contributed by atoms with Crippen LogP contribution in [-0.2, 0) is 0 Å². The zero-order chi connectivity index (χ0) is 9.31. The van der Waals surface area contributed by atoms with Gasteiger partial charge in [-0.25, -0.2) is 0 Å². The Bertz CT molecular complexity index is 168. The molecule has 2 rings (SSSR count). The van der Waals surface area contributed by atoms with Crippen molar-refractivity contribution in [3.8, 4) is 0 Å². The van der Waals surface area contributed by atoms with E-state index in [2.05, 4.69) is 18.7 Å². The van der Waals surface area contributed by atoms with Crippen molar-refractivity contribution in [2.75, 3.05) is 6.54 Å². The Morgan fingerprint density at radius 3 is 2.23 bits per heavy atom. The molecule has 1 saturated heterocycles. The van der Waals surface area contributed by atoms with Crippen LogP contribution in [0.1, 0.15) is 58.8 Å². The van der Waals surface area contributed by atoms with Crippen molar-refractivity contribution >= 4 is 0 Å². The van der Waals surface area contributed by atoms with Gasteiger partial charge in [0.15, 0.2) is 0 Å². The summed E-state index contributed by atoms with van der Waals surface area (Å²) >= 11 is 0. The average Bonchev–Trinajstić information content (AvgIpc) is 2.47. The number of likely N-dealkylation sites (tertiary alicyclic amines) is 1. The molecule has 0 spiro atoms. The van der Waals surface area contributed by atoms with Gasteiger partial charge in [0.05, 0.1) is 0 Å². The highest BCUT2D eigenvalue weighted by Gasteiger charge is 2.36. The number of hydrogen-bond donors (Lipinski definition) is 0. The summed E-state index contributed by atoms with van der Waals surface area (Å²) in [6.45, 7) is 6.21. The third-order valence-corrected chi connectivity index (χ3v) is 3.98. The molecule has 0 bridgehead atoms. The maximum absolute atomic E-state index is 2.78. The van der Waals surface area contributed by atoms with Crippen molar-refractivity contribution in [3.63, 3.8) is 0 Å². The van der Waals surface area contributed by atoms with Crippen LogP contribution in [0.5, 0.6) is 0 Å². The van der Waals surface area contributed by atoms with Crippen molar-refractivity contribution in [1.29, 1.82) is 0 Å². The lowest BCUT2D eigenvalue weighted by Crippen LogP contribution is -2.46. The third kappa shape index (κ3) is 1.90. The fourth-order valence-electron chi connectivity index (χ4n) is 3.20. The highest BCUT2D eigenvalue weighted by atomic mass is 15.2. The lowest BCUT2D eigenvalue weighted by Gasteiger charge is -2.40. The molecule has 2 fully saturated rings. The van der Waals surface area contributed by atoms with E-state index in [0.717, 1.165) is 6.04 Å². The minimum atomic E-state index is 0.502. The fraction of sp³-hybridized carbons (Fsp3) is 1.00. The van der Waals surface area contributed by atoms with Gasteiger partial charge in [-0.2, -0.15) is 0 Å². The summed E-state index contributed by atoms with van der Waals surface area (Å²) in [7, 11) is 0. The van der Waals surface area contributed by atoms with Gasteiger partial charge in [-0.1, -0.05) is 19.3 Å². The summed E-state index contributed by atoms with van der Waals surface area (Å²) in [6, 6.07) is 0.922. The Morgan fingerprint density at radius 1 is 1.00 bits per heavy atom. The molecule has 1 nitrogen and oxygen atoms in total. The first-order valence-electron chi connectivity index (χ1n) is 5.97. The smallest absolute Gasteiger partial charge is 0.0156 e. The molecule has 0 N–H and O–H groups in total. The summed E-state index contributed by atoms with van der Waals surface area (Å²) in [6.07, 6.45) is 10.2. The minimum Gasteiger partial charge on any atom is -0.295 e. The highest BCUT2D eigenvalue weighted by Crippen LogP contribution is 2.35. The Labute approximate surface area is 82.5 Å². The maximum atomic E-state index is 2.78. The molecular formula is C12H23N. The van der Waals surface area contributed by atoms with Crippen LogP contribution in [0.4, 0.5) is 0 Å². The Kier molecular flexibility index (Phi) is 2.64. The molecule has 1 aliphatic heterocycles. The van der Waals surface area contributed by atoms with Crippen molar-refractivity contribution < 1.29 is 0 Å². The van der Waals surface area contributed by atoms with Crippen LogP contribution in [0, 0.1) is 0 Å². The number of rotatable bonds is 1. The lowest BCUT2D eigenvalue weighted by molar-refractivity contribution is 0.0897. The van der Waals surface area contributed by atoms with Crippen LogP contribution in [0.25, 0.3) is 0 Å². The summed E-state index contributed by atoms with van der Waals surface area (Å²) in [5.41, 5.74) is 0.502. The molecule has 2 aliphatic rings. The van der Waals surface area contributed by atoms with Gasteiger partial charge in [0.1, 0.15) is 0 Å². The topological polar surface area (TPSA) is 3.24 Å². The second-order valence-electron chi connectivity index (χ2n) is 5.40. The van der Waals surface area contributed by atoms with Crippen molar-refractivity contribution in [3.05, 3.63) is 0 Å². The Balaban J connectivity index is 1.98. The molecule has 76 valence electrons. The van der Waals surface area contributed by atoms with Crippen LogP contribution in [0.3, 0.4) is 0 Å². The molecule has 1 aliphatic carbocycles. The maximum Gasteiger partial charge on any atom is 0.0156 e. The molecule has 1 heterocycles. The largest absolute Gasteiger partial charge is 0.295 e. The molecule has 0 aromatic carbocycles. The standard InChI is InChI=1S/C12H23N/c1-12(2)9-6-10-13(12)11-7-4-3-5-8-11/h11H,3-10H2,1-2H3. The van der Waals surface area contributed by atoms with E-state index in [1.165, 1.54) is 51.5 Å². The zero-order valence-corrected chi connectivity index (χ0v) is 9.18. The molecular weight excluding hydrogens is 158 g/mol. The van der Waals surface area contributed by atoms with E-state index in [-0.39, 0.29) is 0 Å². The summed E-state index contributed by atoms with van der Waals surface area (Å²) in [5.74, 6) is 0. The first kappa shape index (κ1) is 9.51. The number of hydrogen-bond acceptors (Lipinski definition) is 1. The quantitative estimate of drug-likeness (QED) is 0.600. The van der Waals surface area contributed by atoms with Crippen molar-refractivity contribution in [1.82, 2.24) is 4.90 Å². The van der Waals surface area contributed by atoms with Crippen molar-refractivity contribution in [2.24, 2.45) is 0 Å². The monoisotopic (exact) mass is 181 g/mol. The predicted molar refractivity (Wildman–Crippen MR) is 56.9 cm³/mol. The van der Waals surface area contributed by atoms with Gasteiger partial charge in [-0.3, -0.25) is 4.90 Å². The molecule has 0 aromatic rings. The van der Waals surface area contributed by atoms with Crippen LogP contribution < -0.4 is 0 Å². The molecule has 1 saturated carbocycles. The van der Waals surface area contributed by atoms with Gasteiger partial charge in [0, 0.05) is 11.6 Å². The SMILES string of the molecule is CC1(C)CCCN1C1CCCCC1. The second-order valence-corrected chi connectivity index (χ2v) is 5.40. The molecule has 1 heteroatoms. The molecule has 0 amide bonds. The normalized spacial score (nSPS) is 30.9. The molecule has 0 aromatic heterocycles. The number of nitrogens with zero attached hydrogens (tertiary/aromatic N) is 1. The van der Waals surface area contributed by atoms with Crippen LogP contribution >= 0.6 is 0 Å². The Morgan fingerprint density at radius 2 is 1.69 bits per heavy atom. The highest BCUT2D eigenvalue weighted by molar-refractivity contribution is 4.92. The first-order chi connectivity index (χ1) is 6.20. The van der Waals surface area contributed by atoms with Gasteiger partial charge in [0.2, 0.25) is 0 Å². The molecule has 13 heavy (non-hydrogen) atoms. The lowest BCUT2D eigenvalue weighted by atomic mass is 9.91. The van der Waals surface area contributed by atoms with Crippen LogP contribution in [-0.4, -0.2) is 23.0 Å². The van der Waals surface area contributed by atoms with Gasteiger partial charge in [0.25, 0.3) is 0 Å². The van der Waals surface area contributed by atoms with Gasteiger partial charge in [-0.05, 0) is 46.1 Å².